The van der Waals surface area contributed by atoms with Crippen LogP contribution in [0.15, 0.2) is 29.4 Å². The van der Waals surface area contributed by atoms with E-state index in [1.807, 2.05) is 26.8 Å². The molecule has 1 aromatic rings. The maximum atomic E-state index is 10.4. The number of benzene rings is 1. The SMILES string of the molecule is COc1cc(CO)c(CO)c(O)c1CC=C(C)C[C@@H](O)C=C(C)C. The Morgan fingerprint density at radius 3 is 2.33 bits per heavy atom. The fourth-order valence-electron chi connectivity index (χ4n) is 2.61. The minimum absolute atomic E-state index is 0.0604. The van der Waals surface area contributed by atoms with Crippen molar-refractivity contribution in [2.45, 2.75) is 52.9 Å². The standard InChI is InChI=1S/C19H28O5/c1-12(2)7-15(22)8-13(3)5-6-16-18(24-4)9-14(10-20)17(11-21)19(16)23/h5,7,9,15,20-23H,6,8,10-11H2,1-4H3/t15-/m0/s1. The summed E-state index contributed by atoms with van der Waals surface area (Å²) < 4.78 is 5.29. The number of allylic oxidation sites excluding steroid dienone is 2. The summed E-state index contributed by atoms with van der Waals surface area (Å²) in [5.41, 5.74) is 3.34. The molecule has 4 N–H and O–H groups in total. The Bertz CT molecular complexity index is 613. The summed E-state index contributed by atoms with van der Waals surface area (Å²) in [6, 6.07) is 1.63. The Balaban J connectivity index is 3.06. The number of ether oxygens (including phenoxy) is 1. The molecule has 0 aliphatic carbocycles. The first kappa shape index (κ1) is 20.2. The lowest BCUT2D eigenvalue weighted by atomic mass is 9.98. The number of phenols is 1. The van der Waals surface area contributed by atoms with Gasteiger partial charge in [-0.15, -0.1) is 0 Å². The first-order valence-electron chi connectivity index (χ1n) is 7.95. The number of rotatable bonds is 8. The summed E-state index contributed by atoms with van der Waals surface area (Å²) in [6.45, 7) is 5.14. The van der Waals surface area contributed by atoms with Gasteiger partial charge in [-0.05, 0) is 45.2 Å². The van der Waals surface area contributed by atoms with Crippen LogP contribution in [-0.2, 0) is 19.6 Å². The first-order chi connectivity index (χ1) is 11.3. The van der Waals surface area contributed by atoms with Crippen LogP contribution in [0.3, 0.4) is 0 Å². The molecule has 0 saturated carbocycles. The van der Waals surface area contributed by atoms with Crippen molar-refractivity contribution in [3.8, 4) is 11.5 Å². The molecule has 0 aliphatic rings. The summed E-state index contributed by atoms with van der Waals surface area (Å²) in [5.74, 6) is 0.400. The molecule has 24 heavy (non-hydrogen) atoms. The lowest BCUT2D eigenvalue weighted by Crippen LogP contribution is -2.04. The minimum atomic E-state index is -0.536. The van der Waals surface area contributed by atoms with Crippen molar-refractivity contribution in [3.05, 3.63) is 46.1 Å². The average Bonchev–Trinajstić information content (AvgIpc) is 2.51. The van der Waals surface area contributed by atoms with Crippen LogP contribution >= 0.6 is 0 Å². The van der Waals surface area contributed by atoms with Crippen molar-refractivity contribution in [1.29, 1.82) is 0 Å². The molecule has 5 nitrogen and oxygen atoms in total. The van der Waals surface area contributed by atoms with Crippen molar-refractivity contribution >= 4 is 0 Å². The van der Waals surface area contributed by atoms with Crippen LogP contribution < -0.4 is 4.74 Å². The van der Waals surface area contributed by atoms with E-state index in [4.69, 9.17) is 4.74 Å². The van der Waals surface area contributed by atoms with Gasteiger partial charge in [0, 0.05) is 11.1 Å². The molecular weight excluding hydrogens is 308 g/mol. The van der Waals surface area contributed by atoms with E-state index in [1.54, 1.807) is 12.1 Å². The third-order valence-electron chi connectivity index (χ3n) is 3.82. The van der Waals surface area contributed by atoms with Crippen molar-refractivity contribution in [1.82, 2.24) is 0 Å². The second-order valence-electron chi connectivity index (χ2n) is 6.13. The van der Waals surface area contributed by atoms with E-state index in [1.165, 1.54) is 7.11 Å². The molecule has 0 saturated heterocycles. The quantitative estimate of drug-likeness (QED) is 0.548. The van der Waals surface area contributed by atoms with E-state index in [0.717, 1.165) is 11.1 Å². The van der Waals surface area contributed by atoms with E-state index in [0.29, 0.717) is 35.3 Å². The molecule has 0 aromatic heterocycles. The molecule has 0 radical (unpaired) electrons. The molecule has 1 atom stereocenters. The van der Waals surface area contributed by atoms with Gasteiger partial charge in [0.15, 0.2) is 0 Å². The summed E-state index contributed by atoms with van der Waals surface area (Å²) in [5, 5.41) is 39.1. The Kier molecular flexibility index (Phi) is 7.98. The van der Waals surface area contributed by atoms with Crippen molar-refractivity contribution in [2.24, 2.45) is 0 Å². The predicted molar refractivity (Wildman–Crippen MR) is 94.0 cm³/mol. The topological polar surface area (TPSA) is 90.2 Å². The smallest absolute Gasteiger partial charge is 0.128 e. The highest BCUT2D eigenvalue weighted by molar-refractivity contribution is 5.54. The van der Waals surface area contributed by atoms with Gasteiger partial charge in [-0.3, -0.25) is 0 Å². The van der Waals surface area contributed by atoms with Crippen LogP contribution in [0.5, 0.6) is 11.5 Å². The van der Waals surface area contributed by atoms with E-state index in [9.17, 15) is 20.4 Å². The average molecular weight is 336 g/mol. The summed E-state index contributed by atoms with van der Waals surface area (Å²) in [6.07, 6.45) is 4.09. The van der Waals surface area contributed by atoms with Gasteiger partial charge >= 0.3 is 0 Å². The number of methoxy groups -OCH3 is 1. The largest absolute Gasteiger partial charge is 0.507 e. The second-order valence-corrected chi connectivity index (χ2v) is 6.13. The van der Waals surface area contributed by atoms with E-state index in [-0.39, 0.29) is 19.0 Å². The van der Waals surface area contributed by atoms with E-state index in [2.05, 4.69) is 0 Å². The highest BCUT2D eigenvalue weighted by atomic mass is 16.5. The lowest BCUT2D eigenvalue weighted by molar-refractivity contribution is 0.222. The number of aliphatic hydroxyl groups excluding tert-OH is 3. The molecule has 5 heteroatoms. The molecule has 1 aromatic carbocycles. The third-order valence-corrected chi connectivity index (χ3v) is 3.82. The van der Waals surface area contributed by atoms with Crippen molar-refractivity contribution < 1.29 is 25.2 Å². The second kappa shape index (κ2) is 9.47. The van der Waals surface area contributed by atoms with E-state index >= 15 is 0 Å². The number of aromatic hydroxyl groups is 1. The van der Waals surface area contributed by atoms with Crippen LogP contribution in [0.2, 0.25) is 0 Å². The van der Waals surface area contributed by atoms with Gasteiger partial charge in [0.25, 0.3) is 0 Å². The molecule has 0 fully saturated rings. The fraction of sp³-hybridized carbons (Fsp3) is 0.474. The molecule has 0 unspecified atom stereocenters. The maximum Gasteiger partial charge on any atom is 0.128 e. The summed E-state index contributed by atoms with van der Waals surface area (Å²) in [7, 11) is 1.49. The van der Waals surface area contributed by atoms with Crippen LogP contribution in [0, 0.1) is 0 Å². The van der Waals surface area contributed by atoms with Crippen LogP contribution in [0.25, 0.3) is 0 Å². The fourth-order valence-corrected chi connectivity index (χ4v) is 2.61. The van der Waals surface area contributed by atoms with E-state index < -0.39 is 6.10 Å². The zero-order valence-corrected chi connectivity index (χ0v) is 14.8. The van der Waals surface area contributed by atoms with Gasteiger partial charge < -0.3 is 25.2 Å². The Morgan fingerprint density at radius 2 is 1.83 bits per heavy atom. The van der Waals surface area contributed by atoms with Gasteiger partial charge in [-0.2, -0.15) is 0 Å². The minimum Gasteiger partial charge on any atom is -0.507 e. The van der Waals surface area contributed by atoms with Crippen LogP contribution in [0.4, 0.5) is 0 Å². The Morgan fingerprint density at radius 1 is 1.17 bits per heavy atom. The summed E-state index contributed by atoms with van der Waals surface area (Å²) in [4.78, 5) is 0. The Labute approximate surface area is 143 Å². The molecule has 0 heterocycles. The first-order valence-corrected chi connectivity index (χ1v) is 7.95. The zero-order chi connectivity index (χ0) is 18.3. The molecule has 0 bridgehead atoms. The zero-order valence-electron chi connectivity index (χ0n) is 14.8. The van der Waals surface area contributed by atoms with Crippen molar-refractivity contribution in [3.63, 3.8) is 0 Å². The molecular formula is C19H28O5. The van der Waals surface area contributed by atoms with Gasteiger partial charge in [0.05, 0.1) is 26.4 Å². The highest BCUT2D eigenvalue weighted by Crippen LogP contribution is 2.35. The molecule has 0 amide bonds. The molecule has 134 valence electrons. The van der Waals surface area contributed by atoms with Gasteiger partial charge in [-0.25, -0.2) is 0 Å². The monoisotopic (exact) mass is 336 g/mol. The van der Waals surface area contributed by atoms with Gasteiger partial charge in [0.1, 0.15) is 11.5 Å². The molecule has 1 rings (SSSR count). The summed E-state index contributed by atoms with van der Waals surface area (Å²) >= 11 is 0. The van der Waals surface area contributed by atoms with Gasteiger partial charge in [0.2, 0.25) is 0 Å². The predicted octanol–water partition coefficient (Wildman–Crippen LogP) is 2.59. The number of hydrogen-bond donors (Lipinski definition) is 4. The third kappa shape index (κ3) is 5.37. The normalized spacial score (nSPS) is 12.9. The lowest BCUT2D eigenvalue weighted by Gasteiger charge is -2.16. The maximum absolute atomic E-state index is 10.4. The number of hydrogen-bond acceptors (Lipinski definition) is 5. The van der Waals surface area contributed by atoms with Crippen LogP contribution in [-0.4, -0.2) is 33.6 Å². The van der Waals surface area contributed by atoms with Crippen molar-refractivity contribution in [2.75, 3.05) is 7.11 Å². The Hall–Kier alpha value is -1.82. The number of aliphatic hydroxyl groups is 3. The molecule has 0 spiro atoms. The highest BCUT2D eigenvalue weighted by Gasteiger charge is 2.17. The van der Waals surface area contributed by atoms with Crippen LogP contribution in [0.1, 0.15) is 43.9 Å². The van der Waals surface area contributed by atoms with Gasteiger partial charge in [-0.1, -0.05) is 23.3 Å². The molecule has 0 aliphatic heterocycles.